The highest BCUT2D eigenvalue weighted by Crippen LogP contribution is 2.54. The van der Waals surface area contributed by atoms with E-state index in [1.807, 2.05) is 33.2 Å². The van der Waals surface area contributed by atoms with Crippen LogP contribution in [0.2, 0.25) is 0 Å². The van der Waals surface area contributed by atoms with Gasteiger partial charge in [0.05, 0.1) is 29.0 Å². The SMILES string of the molecule is C=C1NC(C)(C)COc2ncc(F)cc2C2(CC2)N(C)c2ccn3ncc1c3n2. The van der Waals surface area contributed by atoms with Crippen LogP contribution in [0.15, 0.2) is 37.3 Å². The minimum absolute atomic E-state index is 0.340. The fraction of sp³-hybridized carbons (Fsp3) is 0.381. The van der Waals surface area contributed by atoms with Crippen molar-refractivity contribution >= 4 is 17.2 Å². The lowest BCUT2D eigenvalue weighted by atomic mass is 10.0. The molecule has 1 N–H and O–H groups in total. The Morgan fingerprint density at radius 2 is 2.07 bits per heavy atom. The summed E-state index contributed by atoms with van der Waals surface area (Å²) in [6.07, 6.45) is 6.59. The molecule has 29 heavy (non-hydrogen) atoms. The first-order valence-corrected chi connectivity index (χ1v) is 9.64. The Morgan fingerprint density at radius 3 is 2.83 bits per heavy atom. The first-order chi connectivity index (χ1) is 13.8. The summed E-state index contributed by atoms with van der Waals surface area (Å²) in [5.41, 5.74) is 2.19. The van der Waals surface area contributed by atoms with E-state index in [9.17, 15) is 4.39 Å². The van der Waals surface area contributed by atoms with Crippen LogP contribution >= 0.6 is 0 Å². The summed E-state index contributed by atoms with van der Waals surface area (Å²) < 4.78 is 22.0. The summed E-state index contributed by atoms with van der Waals surface area (Å²) in [7, 11) is 1.98. The molecule has 1 aliphatic carbocycles. The van der Waals surface area contributed by atoms with Gasteiger partial charge >= 0.3 is 0 Å². The lowest BCUT2D eigenvalue weighted by Gasteiger charge is -2.31. The maximum Gasteiger partial charge on any atom is 0.219 e. The molecule has 1 spiro atoms. The predicted octanol–water partition coefficient (Wildman–Crippen LogP) is 3.12. The van der Waals surface area contributed by atoms with Gasteiger partial charge in [-0.15, -0.1) is 0 Å². The van der Waals surface area contributed by atoms with Gasteiger partial charge in [0.25, 0.3) is 0 Å². The normalized spacial score (nSPS) is 19.7. The van der Waals surface area contributed by atoms with Crippen LogP contribution < -0.4 is 15.0 Å². The predicted molar refractivity (Wildman–Crippen MR) is 108 cm³/mol. The van der Waals surface area contributed by atoms with Gasteiger partial charge in [0.1, 0.15) is 18.2 Å². The standard InChI is InChI=1S/C21H23FN6O/c1-13-15-11-24-28-8-5-17(25-18(15)28)27(4)21(6-7-21)16-9-14(22)10-23-19(16)29-12-20(2,3)26-13/h5,8-11,26H,1,6-7,12H2,2-4H3. The molecule has 0 amide bonds. The minimum Gasteiger partial charge on any atom is -0.475 e. The second-order valence-electron chi connectivity index (χ2n) is 8.49. The van der Waals surface area contributed by atoms with Crippen LogP contribution in [0.5, 0.6) is 5.88 Å². The van der Waals surface area contributed by atoms with E-state index >= 15 is 0 Å². The zero-order valence-corrected chi connectivity index (χ0v) is 16.7. The average molecular weight is 394 g/mol. The average Bonchev–Trinajstić information content (AvgIpc) is 3.38. The molecule has 4 heterocycles. The van der Waals surface area contributed by atoms with Gasteiger partial charge in [-0.1, -0.05) is 6.58 Å². The van der Waals surface area contributed by atoms with E-state index in [4.69, 9.17) is 9.72 Å². The number of ether oxygens (including phenoxy) is 1. The van der Waals surface area contributed by atoms with Crippen LogP contribution in [0.3, 0.4) is 0 Å². The van der Waals surface area contributed by atoms with E-state index in [0.717, 1.165) is 35.4 Å². The van der Waals surface area contributed by atoms with Crippen LogP contribution in [-0.4, -0.2) is 38.8 Å². The molecule has 150 valence electrons. The maximum atomic E-state index is 14.2. The molecule has 2 aliphatic rings. The number of fused-ring (bicyclic) bond motifs is 3. The van der Waals surface area contributed by atoms with Crippen LogP contribution in [0, 0.1) is 5.82 Å². The monoisotopic (exact) mass is 394 g/mol. The fourth-order valence-electron chi connectivity index (χ4n) is 4.02. The molecule has 0 saturated heterocycles. The van der Waals surface area contributed by atoms with Crippen molar-refractivity contribution in [1.29, 1.82) is 0 Å². The Labute approximate surface area is 168 Å². The molecule has 8 heteroatoms. The van der Waals surface area contributed by atoms with E-state index in [1.165, 1.54) is 12.3 Å². The molecule has 0 aromatic carbocycles. The number of hydrogen-bond acceptors (Lipinski definition) is 6. The zero-order valence-electron chi connectivity index (χ0n) is 16.7. The molecule has 5 rings (SSSR count). The Balaban J connectivity index is 1.72. The first-order valence-electron chi connectivity index (χ1n) is 9.64. The molecule has 0 unspecified atom stereocenters. The summed E-state index contributed by atoms with van der Waals surface area (Å²) in [4.78, 5) is 11.2. The van der Waals surface area contributed by atoms with Crippen LogP contribution in [0.25, 0.3) is 11.3 Å². The number of rotatable bonds is 0. The molecule has 1 aliphatic heterocycles. The van der Waals surface area contributed by atoms with Gasteiger partial charge in [-0.05, 0) is 38.8 Å². The summed E-state index contributed by atoms with van der Waals surface area (Å²) in [6, 6.07) is 3.45. The van der Waals surface area contributed by atoms with Gasteiger partial charge in [0, 0.05) is 24.5 Å². The first kappa shape index (κ1) is 17.9. The van der Waals surface area contributed by atoms with Crippen molar-refractivity contribution in [2.45, 2.75) is 37.8 Å². The van der Waals surface area contributed by atoms with Gasteiger partial charge in [-0.25, -0.2) is 18.9 Å². The third kappa shape index (κ3) is 2.82. The van der Waals surface area contributed by atoms with E-state index in [2.05, 4.69) is 26.9 Å². The van der Waals surface area contributed by atoms with Crippen molar-refractivity contribution in [2.75, 3.05) is 18.6 Å². The highest BCUT2D eigenvalue weighted by atomic mass is 19.1. The number of halogens is 1. The van der Waals surface area contributed by atoms with E-state index in [-0.39, 0.29) is 5.82 Å². The molecule has 0 atom stereocenters. The van der Waals surface area contributed by atoms with Crippen LogP contribution in [0.1, 0.15) is 37.8 Å². The van der Waals surface area contributed by atoms with Gasteiger partial charge in [-0.3, -0.25) is 0 Å². The molecule has 2 bridgehead atoms. The Morgan fingerprint density at radius 1 is 1.28 bits per heavy atom. The third-order valence-electron chi connectivity index (χ3n) is 5.77. The van der Waals surface area contributed by atoms with Gasteiger partial charge in [0.15, 0.2) is 5.65 Å². The largest absolute Gasteiger partial charge is 0.475 e. The summed E-state index contributed by atoms with van der Waals surface area (Å²) >= 11 is 0. The van der Waals surface area contributed by atoms with Gasteiger partial charge < -0.3 is 15.0 Å². The number of hydrogen-bond donors (Lipinski definition) is 1. The summed E-state index contributed by atoms with van der Waals surface area (Å²) in [5, 5.41) is 7.81. The zero-order chi connectivity index (χ0) is 20.4. The second kappa shape index (κ2) is 5.92. The van der Waals surface area contributed by atoms with Crippen LogP contribution in [0.4, 0.5) is 10.2 Å². The summed E-state index contributed by atoms with van der Waals surface area (Å²) in [6.45, 7) is 8.57. The topological polar surface area (TPSA) is 67.6 Å². The van der Waals surface area contributed by atoms with E-state index in [0.29, 0.717) is 18.2 Å². The van der Waals surface area contributed by atoms with Crippen LogP contribution in [-0.2, 0) is 5.54 Å². The molecular formula is C21H23FN6O. The van der Waals surface area contributed by atoms with Crippen molar-refractivity contribution in [2.24, 2.45) is 0 Å². The number of pyridine rings is 1. The number of nitrogens with one attached hydrogen (secondary N) is 1. The fourth-order valence-corrected chi connectivity index (χ4v) is 4.02. The van der Waals surface area contributed by atoms with Crippen molar-refractivity contribution in [3.05, 3.63) is 54.2 Å². The Kier molecular flexibility index (Phi) is 3.65. The molecule has 1 fully saturated rings. The molecule has 3 aromatic rings. The van der Waals surface area contributed by atoms with E-state index < -0.39 is 11.1 Å². The molecular weight excluding hydrogens is 371 g/mol. The van der Waals surface area contributed by atoms with Crippen molar-refractivity contribution < 1.29 is 9.13 Å². The van der Waals surface area contributed by atoms with Gasteiger partial charge in [-0.2, -0.15) is 5.10 Å². The quantitative estimate of drug-likeness (QED) is 0.632. The molecule has 1 saturated carbocycles. The number of nitrogens with zero attached hydrogens (tertiary/aromatic N) is 5. The molecule has 3 aromatic heterocycles. The van der Waals surface area contributed by atoms with Gasteiger partial charge in [0.2, 0.25) is 5.88 Å². The molecule has 0 radical (unpaired) electrons. The minimum atomic E-state index is -0.438. The number of aromatic nitrogens is 4. The van der Waals surface area contributed by atoms with Crippen molar-refractivity contribution in [1.82, 2.24) is 24.9 Å². The highest BCUT2D eigenvalue weighted by Gasteiger charge is 2.51. The molecule has 7 nitrogen and oxygen atoms in total. The van der Waals surface area contributed by atoms with Crippen molar-refractivity contribution in [3.8, 4) is 5.88 Å². The summed E-state index contributed by atoms with van der Waals surface area (Å²) in [5.74, 6) is 0.862. The highest BCUT2D eigenvalue weighted by molar-refractivity contribution is 5.74. The lowest BCUT2D eigenvalue weighted by Crippen LogP contribution is -2.43. The smallest absolute Gasteiger partial charge is 0.219 e. The Bertz CT molecular complexity index is 1130. The third-order valence-corrected chi connectivity index (χ3v) is 5.77. The van der Waals surface area contributed by atoms with Crippen molar-refractivity contribution in [3.63, 3.8) is 0 Å². The Hall–Kier alpha value is -3.16. The maximum absolute atomic E-state index is 14.2. The van der Waals surface area contributed by atoms with E-state index in [1.54, 1.807) is 10.7 Å². The lowest BCUT2D eigenvalue weighted by molar-refractivity contribution is 0.214. The second-order valence-corrected chi connectivity index (χ2v) is 8.49. The number of anilines is 1.